The molecule has 10 heteroatoms. The lowest BCUT2D eigenvalue weighted by atomic mass is 9.45. The van der Waals surface area contributed by atoms with Gasteiger partial charge in [0.25, 0.3) is 0 Å². The van der Waals surface area contributed by atoms with Crippen molar-refractivity contribution in [1.29, 1.82) is 0 Å². The van der Waals surface area contributed by atoms with E-state index in [0.29, 0.717) is 0 Å². The summed E-state index contributed by atoms with van der Waals surface area (Å²) in [6.07, 6.45) is 2.37. The largest absolute Gasteiger partial charge is 0.132 e. The summed E-state index contributed by atoms with van der Waals surface area (Å²) >= 11 is 0. The highest BCUT2D eigenvalue weighted by molar-refractivity contribution is 7.31. The molecule has 0 spiro atoms. The van der Waals surface area contributed by atoms with Crippen molar-refractivity contribution in [3.8, 4) is 0 Å². The van der Waals surface area contributed by atoms with Crippen molar-refractivity contribution in [2.24, 2.45) is 0 Å². The van der Waals surface area contributed by atoms with E-state index in [9.17, 15) is 0 Å². The molecule has 0 amide bonds. The van der Waals surface area contributed by atoms with Crippen LogP contribution in [0.5, 0.6) is 0 Å². The summed E-state index contributed by atoms with van der Waals surface area (Å²) in [4.78, 5) is 0. The molecule has 0 heterocycles. The molecule has 0 rings (SSSR count). The van der Waals surface area contributed by atoms with Crippen molar-refractivity contribution in [2.75, 3.05) is 0 Å². The monoisotopic (exact) mass is 618 g/mol. The first-order chi connectivity index (χ1) is 14.3. The van der Waals surface area contributed by atoms with Gasteiger partial charge in [-0.15, -0.1) is 73.9 Å². The van der Waals surface area contributed by atoms with Crippen molar-refractivity contribution in [3.05, 3.63) is 0 Å². The van der Waals surface area contributed by atoms with E-state index in [0.717, 1.165) is 0 Å². The van der Waals surface area contributed by atoms with E-state index in [-0.39, 0.29) is 51.9 Å². The zero-order chi connectivity index (χ0) is 28.4. The quantitative estimate of drug-likeness (QED) is 0.183. The van der Waals surface area contributed by atoms with Gasteiger partial charge < -0.3 is 0 Å². The van der Waals surface area contributed by atoms with Crippen LogP contribution in [0.1, 0.15) is 95.9 Å². The second-order valence-electron chi connectivity index (χ2n) is 14.4. The summed E-state index contributed by atoms with van der Waals surface area (Å²) in [5, 5.41) is -0.391. The third-order valence-electron chi connectivity index (χ3n) is 11.7. The fourth-order valence-corrected chi connectivity index (χ4v) is 11.0. The molecule has 0 saturated heterocycles. The number of hydrogen-bond acceptors (Lipinski definition) is 0. The lowest BCUT2D eigenvalue weighted by Gasteiger charge is -2.71. The van der Waals surface area contributed by atoms with Gasteiger partial charge in [0, 0.05) is 10.3 Å². The Morgan fingerprint density at radius 3 is 0.971 bits per heavy atom. The first-order valence-corrected chi connectivity index (χ1v) is 17.2. The first-order valence-electron chi connectivity index (χ1n) is 12.6. The van der Waals surface area contributed by atoms with Crippen LogP contribution < -0.4 is 0 Å². The maximum atomic E-state index is 3.35. The van der Waals surface area contributed by atoms with Gasteiger partial charge in [-0.05, 0) is 48.0 Å². The van der Waals surface area contributed by atoms with Crippen molar-refractivity contribution >= 4 is 89.6 Å². The van der Waals surface area contributed by atoms with Crippen LogP contribution >= 0.6 is 73.9 Å². The van der Waals surface area contributed by atoms with Gasteiger partial charge >= 0.3 is 0 Å². The maximum absolute atomic E-state index is 3.35. The van der Waals surface area contributed by atoms with Gasteiger partial charge in [0.05, 0.1) is 0 Å². The smallest absolute Gasteiger partial charge is 0.111 e. The minimum absolute atomic E-state index is 0.0298. The summed E-state index contributed by atoms with van der Waals surface area (Å²) in [6.45, 7) is 29.0. The van der Waals surface area contributed by atoms with Gasteiger partial charge in [-0.1, -0.05) is 89.5 Å². The molecule has 202 valence electrons. The molecule has 0 fully saturated rings. The molecule has 0 radical (unpaired) electrons. The standard InChI is InChI=1S/C24H60B2P8/c1-13-14-16(4,28)17(5,25)20(8,30)23(11,33)24(12,34)22(10,32)18(6,26)21(9,31)19(7,29)15(2,3)27/h13-14,25-34H2,1-12H3. The Labute approximate surface area is 236 Å². The highest BCUT2D eigenvalue weighted by Crippen LogP contribution is 2.73. The van der Waals surface area contributed by atoms with E-state index >= 15 is 0 Å². The zero-order valence-electron chi connectivity index (χ0n) is 25.0. The van der Waals surface area contributed by atoms with Crippen LogP contribution in [-0.2, 0) is 0 Å². The Morgan fingerprint density at radius 1 is 0.441 bits per heavy atom. The molecule has 17 atom stereocenters. The van der Waals surface area contributed by atoms with E-state index in [1.54, 1.807) is 0 Å². The molecule has 0 aliphatic rings. The first kappa shape index (κ1) is 37.6. The molecule has 0 aromatic rings. The minimum Gasteiger partial charge on any atom is -0.132 e. The summed E-state index contributed by atoms with van der Waals surface area (Å²) in [6, 6.07) is 0. The third kappa shape index (κ3) is 5.42. The minimum atomic E-state index is -0.136. The van der Waals surface area contributed by atoms with E-state index in [4.69, 9.17) is 0 Å². The molecular formula is C24H60B2P8. The van der Waals surface area contributed by atoms with Gasteiger partial charge in [0.2, 0.25) is 0 Å². The predicted octanol–water partition coefficient (Wildman–Crippen LogP) is 6.50. The van der Waals surface area contributed by atoms with Crippen molar-refractivity contribution < 1.29 is 0 Å². The topological polar surface area (TPSA) is 0 Å². The lowest BCUT2D eigenvalue weighted by Crippen LogP contribution is -2.72. The summed E-state index contributed by atoms with van der Waals surface area (Å²) < 4.78 is 0. The second kappa shape index (κ2) is 10.8. The van der Waals surface area contributed by atoms with Crippen LogP contribution in [-0.4, -0.2) is 56.9 Å². The average Bonchev–Trinajstić information content (AvgIpc) is 2.59. The Balaban J connectivity index is 7.01. The van der Waals surface area contributed by atoms with Crippen LogP contribution in [0.2, 0.25) is 10.6 Å². The molecule has 0 aromatic heterocycles. The van der Waals surface area contributed by atoms with E-state index < -0.39 is 0 Å². The zero-order valence-corrected chi connectivity index (χ0v) is 34.3. The fourth-order valence-electron chi connectivity index (χ4n) is 5.66. The van der Waals surface area contributed by atoms with Gasteiger partial charge in [-0.25, -0.2) is 0 Å². The van der Waals surface area contributed by atoms with Gasteiger partial charge in [-0.2, -0.15) is 0 Å². The molecule has 0 N–H and O–H groups in total. The molecule has 17 unspecified atom stereocenters. The van der Waals surface area contributed by atoms with Gasteiger partial charge in [0.15, 0.2) is 0 Å². The molecular weight excluding hydrogens is 558 g/mol. The van der Waals surface area contributed by atoms with E-state index in [2.05, 4.69) is 173 Å². The van der Waals surface area contributed by atoms with Crippen LogP contribution in [0.3, 0.4) is 0 Å². The van der Waals surface area contributed by atoms with Gasteiger partial charge in [-0.3, -0.25) is 0 Å². The van der Waals surface area contributed by atoms with Crippen LogP contribution in [0.25, 0.3) is 0 Å². The van der Waals surface area contributed by atoms with Crippen LogP contribution in [0, 0.1) is 0 Å². The van der Waals surface area contributed by atoms with Crippen molar-refractivity contribution in [3.63, 3.8) is 0 Å². The lowest BCUT2D eigenvalue weighted by molar-refractivity contribution is 0.195. The Kier molecular flexibility index (Phi) is 11.9. The molecule has 0 aliphatic carbocycles. The molecule has 0 bridgehead atoms. The van der Waals surface area contributed by atoms with Crippen molar-refractivity contribution in [1.82, 2.24) is 0 Å². The van der Waals surface area contributed by atoms with Crippen LogP contribution in [0.15, 0.2) is 0 Å². The highest BCUT2D eigenvalue weighted by Gasteiger charge is 2.68. The summed E-state index contributed by atoms with van der Waals surface area (Å²) in [7, 11) is 31.2. The molecule has 0 aliphatic heterocycles. The predicted molar refractivity (Wildman–Crippen MR) is 199 cm³/mol. The number of hydrogen-bond donors (Lipinski definition) is 0. The third-order valence-corrected chi connectivity index (χ3v) is 22.7. The normalized spacial score (nSPS) is 29.4. The maximum Gasteiger partial charge on any atom is 0.111 e. The van der Waals surface area contributed by atoms with Crippen LogP contribution in [0.4, 0.5) is 0 Å². The Bertz CT molecular complexity index is 730. The molecule has 34 heavy (non-hydrogen) atoms. The fraction of sp³-hybridized carbons (Fsp3) is 1.00. The summed E-state index contributed by atoms with van der Waals surface area (Å²) in [5.41, 5.74) is 0. The Morgan fingerprint density at radius 2 is 0.706 bits per heavy atom. The van der Waals surface area contributed by atoms with E-state index in [1.165, 1.54) is 12.8 Å². The Hall–Kier alpha value is 3.57. The molecule has 0 nitrogen and oxygen atoms in total. The highest BCUT2D eigenvalue weighted by atomic mass is 31.0. The number of rotatable bonds is 11. The van der Waals surface area contributed by atoms with Gasteiger partial charge in [0.1, 0.15) is 15.7 Å². The molecule has 0 aromatic carbocycles. The summed E-state index contributed by atoms with van der Waals surface area (Å²) in [5.74, 6) is 0. The van der Waals surface area contributed by atoms with E-state index in [1.807, 2.05) is 0 Å². The molecule has 0 saturated carbocycles. The average molecular weight is 618 g/mol. The SMILES string of the molecule is BC(C)(C(C)(P)CCC)C(C)(P)C(C)(P)C(C)(P)C(C)(P)C(B)(C)C(C)(P)C(C)(P)C(C)(C)P. The van der Waals surface area contributed by atoms with Crippen molar-refractivity contribution in [2.45, 2.75) is 148 Å². The second-order valence-corrected chi connectivity index (χ2v) is 24.0.